The van der Waals surface area contributed by atoms with Crippen molar-refractivity contribution in [3.8, 4) is 11.4 Å². The van der Waals surface area contributed by atoms with Crippen molar-refractivity contribution in [2.45, 2.75) is 41.5 Å². The number of nitrogens with one attached hydrogen (secondary N) is 1. The first-order valence-corrected chi connectivity index (χ1v) is 11.3. The smallest absolute Gasteiger partial charge is 0.327 e. The van der Waals surface area contributed by atoms with Crippen molar-refractivity contribution in [2.24, 2.45) is 0 Å². The lowest BCUT2D eigenvalue weighted by molar-refractivity contribution is -0.596. The zero-order valence-corrected chi connectivity index (χ0v) is 20.5. The molecule has 0 fully saturated rings. The van der Waals surface area contributed by atoms with E-state index in [-0.39, 0.29) is 0 Å². The number of aromatic nitrogens is 2. The Morgan fingerprint density at radius 1 is 0.781 bits per heavy atom. The molecule has 0 atom stereocenters. The van der Waals surface area contributed by atoms with Gasteiger partial charge in [0.1, 0.15) is 23.8 Å². The number of hydrogen-bond acceptors (Lipinski definition) is 1. The van der Waals surface area contributed by atoms with Gasteiger partial charge in [-0.2, -0.15) is 9.13 Å². The molecule has 0 saturated heterocycles. The van der Waals surface area contributed by atoms with Crippen LogP contribution < -0.4 is 9.88 Å². The first kappa shape index (κ1) is 22.0. The van der Waals surface area contributed by atoms with Crippen LogP contribution in [-0.4, -0.2) is 9.56 Å². The Labute approximate surface area is 196 Å². The van der Waals surface area contributed by atoms with E-state index >= 15 is 0 Å². The highest BCUT2D eigenvalue weighted by molar-refractivity contribution is 7.81. The average Bonchev–Trinajstić information content (AvgIpc) is 3.11. The molecule has 32 heavy (non-hydrogen) atoms. The monoisotopic (exact) mass is 440 g/mol. The maximum absolute atomic E-state index is 6.00. The molecule has 0 radical (unpaired) electrons. The summed E-state index contributed by atoms with van der Waals surface area (Å²) < 4.78 is 4.45. The van der Waals surface area contributed by atoms with Crippen molar-refractivity contribution >= 4 is 22.9 Å². The zero-order chi connectivity index (χ0) is 23.0. The number of rotatable bonds is 4. The number of aryl methyl sites for hydroxylation is 6. The second kappa shape index (κ2) is 8.71. The highest BCUT2D eigenvalue weighted by atomic mass is 32.1. The van der Waals surface area contributed by atoms with Gasteiger partial charge in [0.2, 0.25) is 0 Å². The van der Waals surface area contributed by atoms with Crippen LogP contribution in [0.1, 0.15) is 39.2 Å². The zero-order valence-electron chi connectivity index (χ0n) is 19.7. The summed E-state index contributed by atoms with van der Waals surface area (Å²) in [5, 5.41) is 3.46. The van der Waals surface area contributed by atoms with Gasteiger partial charge in [0, 0.05) is 5.69 Å². The summed E-state index contributed by atoms with van der Waals surface area (Å²) in [5.74, 6) is 0.939. The predicted molar refractivity (Wildman–Crippen MR) is 137 cm³/mol. The Balaban J connectivity index is 1.96. The van der Waals surface area contributed by atoms with E-state index in [9.17, 15) is 0 Å². The second-order valence-corrected chi connectivity index (χ2v) is 9.08. The second-order valence-electron chi connectivity index (χ2n) is 8.68. The van der Waals surface area contributed by atoms with Crippen molar-refractivity contribution < 1.29 is 4.57 Å². The Morgan fingerprint density at radius 2 is 1.31 bits per heavy atom. The fourth-order valence-corrected chi connectivity index (χ4v) is 5.10. The lowest BCUT2D eigenvalue weighted by Gasteiger charge is -2.14. The predicted octanol–water partition coefficient (Wildman–Crippen LogP) is 6.39. The Bertz CT molecular complexity index is 1200. The van der Waals surface area contributed by atoms with Gasteiger partial charge >= 0.3 is 5.82 Å². The third kappa shape index (κ3) is 4.11. The molecule has 0 spiro atoms. The van der Waals surface area contributed by atoms with E-state index in [2.05, 4.69) is 92.7 Å². The number of benzene rings is 3. The van der Waals surface area contributed by atoms with E-state index < -0.39 is 0 Å². The third-order valence-electron chi connectivity index (χ3n) is 5.81. The van der Waals surface area contributed by atoms with Crippen molar-refractivity contribution in [1.29, 1.82) is 0 Å². The van der Waals surface area contributed by atoms with Gasteiger partial charge in [-0.25, -0.2) is 0 Å². The molecule has 0 aliphatic carbocycles. The summed E-state index contributed by atoms with van der Waals surface area (Å²) in [6, 6.07) is 19.0. The largest absolute Gasteiger partial charge is 0.340 e. The number of thiocarbonyl (C=S) groups is 1. The number of nitrogens with zero attached hydrogens (tertiary/aromatic N) is 2. The number of anilines is 1. The number of hydrogen-bond donors (Lipinski definition) is 1. The molecule has 0 aliphatic heterocycles. The number of imidazole rings is 1. The molecule has 1 aromatic heterocycles. The van der Waals surface area contributed by atoms with E-state index in [1.807, 2.05) is 30.3 Å². The molecular weight excluding hydrogens is 410 g/mol. The molecule has 4 heteroatoms. The van der Waals surface area contributed by atoms with Crippen LogP contribution in [-0.2, 0) is 0 Å². The quantitative estimate of drug-likeness (QED) is 0.293. The summed E-state index contributed by atoms with van der Waals surface area (Å²) in [7, 11) is 0. The van der Waals surface area contributed by atoms with Crippen molar-refractivity contribution in [2.75, 3.05) is 5.32 Å². The topological polar surface area (TPSA) is 20.8 Å². The highest BCUT2D eigenvalue weighted by Gasteiger charge is 2.28. The van der Waals surface area contributed by atoms with Gasteiger partial charge in [0.15, 0.2) is 4.99 Å². The Kier molecular flexibility index (Phi) is 5.98. The van der Waals surface area contributed by atoms with Gasteiger partial charge in [-0.3, -0.25) is 0 Å². The minimum absolute atomic E-state index is 0.681. The van der Waals surface area contributed by atoms with Crippen molar-refractivity contribution in [3.63, 3.8) is 0 Å². The Hall–Kier alpha value is -3.24. The van der Waals surface area contributed by atoms with Crippen LogP contribution in [0.2, 0.25) is 0 Å². The van der Waals surface area contributed by atoms with E-state index in [0.717, 1.165) is 11.5 Å². The average molecular weight is 441 g/mol. The molecule has 4 aromatic rings. The Morgan fingerprint density at radius 3 is 1.88 bits per heavy atom. The molecule has 0 amide bonds. The third-order valence-corrected chi connectivity index (χ3v) is 6.09. The molecular formula is C28H30N3S+. The van der Waals surface area contributed by atoms with E-state index in [4.69, 9.17) is 12.2 Å². The summed E-state index contributed by atoms with van der Waals surface area (Å²) in [6.07, 6.45) is 4.25. The molecule has 1 heterocycles. The standard InChI is InChI=1S/C28H29N3S/c1-18-14-20(3)25(21(4)15-18)30-12-13-31(26-22(5)16-19(2)17-23(26)6)28(30)27(32)29-24-10-8-7-9-11-24/h7-17H,1-6H3/p+1. The first-order valence-electron chi connectivity index (χ1n) is 10.9. The molecule has 0 unspecified atom stereocenters. The van der Waals surface area contributed by atoms with Crippen LogP contribution in [0, 0.1) is 41.5 Å². The molecule has 1 N–H and O–H groups in total. The maximum Gasteiger partial charge on any atom is 0.327 e. The lowest BCUT2D eigenvalue weighted by Crippen LogP contribution is -2.40. The van der Waals surface area contributed by atoms with Crippen LogP contribution in [0.25, 0.3) is 11.4 Å². The summed E-state index contributed by atoms with van der Waals surface area (Å²) >= 11 is 6.00. The van der Waals surface area contributed by atoms with Crippen LogP contribution in [0.5, 0.6) is 0 Å². The van der Waals surface area contributed by atoms with Gasteiger partial charge in [-0.1, -0.05) is 65.8 Å². The SMILES string of the molecule is Cc1cc(C)c(-n2cc[n+](-c3c(C)cc(C)cc3C)c2C(=S)Nc2ccccc2)c(C)c1. The summed E-state index contributed by atoms with van der Waals surface area (Å²) in [4.78, 5) is 0.681. The van der Waals surface area contributed by atoms with Gasteiger partial charge in [0.05, 0.1) is 0 Å². The molecule has 0 aliphatic rings. The summed E-state index contributed by atoms with van der Waals surface area (Å²) in [6.45, 7) is 12.9. The fraction of sp³-hybridized carbons (Fsp3) is 0.214. The maximum atomic E-state index is 6.00. The lowest BCUT2D eigenvalue weighted by atomic mass is 10.0. The molecule has 0 saturated carbocycles. The van der Waals surface area contributed by atoms with E-state index in [1.54, 1.807) is 0 Å². The van der Waals surface area contributed by atoms with Gasteiger partial charge < -0.3 is 5.32 Å². The molecule has 4 rings (SSSR count). The minimum atomic E-state index is 0.681. The van der Waals surface area contributed by atoms with Gasteiger partial charge in [-0.05, 0) is 75.9 Å². The number of para-hydroxylation sites is 1. The van der Waals surface area contributed by atoms with Crippen LogP contribution in [0.3, 0.4) is 0 Å². The van der Waals surface area contributed by atoms with E-state index in [1.165, 1.54) is 44.8 Å². The van der Waals surface area contributed by atoms with Crippen molar-refractivity contribution in [1.82, 2.24) is 4.57 Å². The fourth-order valence-electron chi connectivity index (χ4n) is 4.78. The normalized spacial score (nSPS) is 10.9. The van der Waals surface area contributed by atoms with Crippen molar-refractivity contribution in [3.05, 3.63) is 106 Å². The van der Waals surface area contributed by atoms with Crippen LogP contribution in [0.15, 0.2) is 67.0 Å². The van der Waals surface area contributed by atoms with Gasteiger partial charge in [-0.15, -0.1) is 0 Å². The highest BCUT2D eigenvalue weighted by Crippen LogP contribution is 2.25. The van der Waals surface area contributed by atoms with Crippen LogP contribution in [0.4, 0.5) is 5.69 Å². The molecule has 3 nitrogen and oxygen atoms in total. The summed E-state index contributed by atoms with van der Waals surface area (Å²) in [5.41, 5.74) is 10.8. The van der Waals surface area contributed by atoms with Gasteiger partial charge in [0.25, 0.3) is 0 Å². The van der Waals surface area contributed by atoms with E-state index in [0.29, 0.717) is 4.99 Å². The molecule has 3 aromatic carbocycles. The minimum Gasteiger partial charge on any atom is -0.340 e. The molecule has 162 valence electrons. The first-order chi connectivity index (χ1) is 15.3. The van der Waals surface area contributed by atoms with Crippen LogP contribution >= 0.6 is 12.2 Å². The molecule has 0 bridgehead atoms.